The summed E-state index contributed by atoms with van der Waals surface area (Å²) in [4.78, 5) is 53.3. The summed E-state index contributed by atoms with van der Waals surface area (Å²) in [6.07, 6.45) is 2.46. The Morgan fingerprint density at radius 2 is 1.79 bits per heavy atom. The van der Waals surface area contributed by atoms with Gasteiger partial charge >= 0.3 is 0 Å². The van der Waals surface area contributed by atoms with Crippen LogP contribution in [0.5, 0.6) is 0 Å². The Morgan fingerprint density at radius 1 is 1.03 bits per heavy atom. The SMILES string of the molecule is CC(C)(C)C1CCCN(c2cccc3c2C(=O)N(C2CCC(=O)NC2=O)C3=O)C1. The van der Waals surface area contributed by atoms with E-state index in [2.05, 4.69) is 31.0 Å². The van der Waals surface area contributed by atoms with E-state index in [0.717, 1.165) is 36.5 Å². The average molecular weight is 397 g/mol. The number of benzene rings is 1. The first-order chi connectivity index (χ1) is 13.7. The van der Waals surface area contributed by atoms with Crippen LogP contribution in [0.15, 0.2) is 18.2 Å². The zero-order valence-electron chi connectivity index (χ0n) is 17.2. The van der Waals surface area contributed by atoms with Crippen LogP contribution in [0.4, 0.5) is 5.69 Å². The second-order valence-electron chi connectivity index (χ2n) is 9.30. The van der Waals surface area contributed by atoms with Crippen molar-refractivity contribution in [3.63, 3.8) is 0 Å². The van der Waals surface area contributed by atoms with Crippen molar-refractivity contribution in [1.82, 2.24) is 10.2 Å². The van der Waals surface area contributed by atoms with Gasteiger partial charge in [-0.15, -0.1) is 0 Å². The van der Waals surface area contributed by atoms with Gasteiger partial charge in [-0.3, -0.25) is 29.4 Å². The van der Waals surface area contributed by atoms with Gasteiger partial charge in [0, 0.05) is 19.5 Å². The van der Waals surface area contributed by atoms with E-state index < -0.39 is 23.8 Å². The van der Waals surface area contributed by atoms with Crippen molar-refractivity contribution in [1.29, 1.82) is 0 Å². The topological polar surface area (TPSA) is 86.8 Å². The Kier molecular flexibility index (Phi) is 4.71. The van der Waals surface area contributed by atoms with Gasteiger partial charge in [-0.2, -0.15) is 0 Å². The lowest BCUT2D eigenvalue weighted by molar-refractivity contribution is -0.136. The molecule has 154 valence electrons. The molecule has 4 amide bonds. The maximum atomic E-state index is 13.3. The van der Waals surface area contributed by atoms with E-state index >= 15 is 0 Å². The molecule has 0 aromatic heterocycles. The molecule has 2 saturated heterocycles. The number of amides is 4. The van der Waals surface area contributed by atoms with Crippen LogP contribution in [0.3, 0.4) is 0 Å². The van der Waals surface area contributed by atoms with E-state index in [1.807, 2.05) is 6.07 Å². The summed E-state index contributed by atoms with van der Waals surface area (Å²) in [5, 5.41) is 2.24. The van der Waals surface area contributed by atoms with Crippen LogP contribution in [0.1, 0.15) is 67.2 Å². The van der Waals surface area contributed by atoms with Crippen LogP contribution < -0.4 is 10.2 Å². The second-order valence-corrected chi connectivity index (χ2v) is 9.30. The van der Waals surface area contributed by atoms with Crippen LogP contribution in [0, 0.1) is 11.3 Å². The van der Waals surface area contributed by atoms with Gasteiger partial charge in [-0.1, -0.05) is 26.8 Å². The highest BCUT2D eigenvalue weighted by molar-refractivity contribution is 6.25. The van der Waals surface area contributed by atoms with Gasteiger partial charge in [0.15, 0.2) is 0 Å². The fourth-order valence-corrected chi connectivity index (χ4v) is 4.66. The number of carbonyl (C=O) groups is 4. The third-order valence-corrected chi connectivity index (χ3v) is 6.43. The number of anilines is 1. The molecular formula is C22H27N3O4. The zero-order valence-corrected chi connectivity index (χ0v) is 17.2. The molecule has 0 bridgehead atoms. The highest BCUT2D eigenvalue weighted by Crippen LogP contribution is 2.39. The smallest absolute Gasteiger partial charge is 0.264 e. The third kappa shape index (κ3) is 3.32. The van der Waals surface area contributed by atoms with Gasteiger partial charge in [0.25, 0.3) is 11.8 Å². The van der Waals surface area contributed by atoms with Crippen molar-refractivity contribution in [2.24, 2.45) is 11.3 Å². The lowest BCUT2D eigenvalue weighted by atomic mass is 9.76. The number of hydrogen-bond acceptors (Lipinski definition) is 5. The van der Waals surface area contributed by atoms with Crippen molar-refractivity contribution in [2.45, 2.75) is 52.5 Å². The molecule has 1 N–H and O–H groups in total. The van der Waals surface area contributed by atoms with Crippen LogP contribution in [-0.4, -0.2) is 47.7 Å². The Morgan fingerprint density at radius 3 is 2.48 bits per heavy atom. The van der Waals surface area contributed by atoms with E-state index in [9.17, 15) is 19.2 Å². The molecule has 0 radical (unpaired) electrons. The highest BCUT2D eigenvalue weighted by Gasteiger charge is 2.46. The predicted octanol–water partition coefficient (Wildman–Crippen LogP) is 2.35. The van der Waals surface area contributed by atoms with Gasteiger partial charge in [0.05, 0.1) is 16.8 Å². The minimum atomic E-state index is -0.934. The maximum Gasteiger partial charge on any atom is 0.264 e. The molecule has 3 aliphatic heterocycles. The number of hydrogen-bond donors (Lipinski definition) is 1. The number of nitrogens with one attached hydrogen (secondary N) is 1. The van der Waals surface area contributed by atoms with Gasteiger partial charge in [0.1, 0.15) is 6.04 Å². The molecule has 1 aromatic carbocycles. The van der Waals surface area contributed by atoms with E-state index in [-0.39, 0.29) is 24.2 Å². The summed E-state index contributed by atoms with van der Waals surface area (Å²) in [7, 11) is 0. The standard InChI is InChI=1S/C22H27N3O4/c1-22(2,3)13-6-5-11-24(12-13)15-8-4-7-14-18(15)21(29)25(20(14)28)16-9-10-17(26)23-19(16)27/h4,7-8,13,16H,5-6,9-12H2,1-3H3,(H,23,26,27). The minimum absolute atomic E-state index is 0.121. The molecule has 3 heterocycles. The molecule has 1 aromatic rings. The van der Waals surface area contributed by atoms with Gasteiger partial charge < -0.3 is 4.90 Å². The molecule has 2 unspecified atom stereocenters. The largest absolute Gasteiger partial charge is 0.371 e. The average Bonchev–Trinajstić information content (AvgIpc) is 2.92. The Bertz CT molecular complexity index is 902. The molecule has 7 heteroatoms. The summed E-state index contributed by atoms with van der Waals surface area (Å²) in [6, 6.07) is 4.41. The van der Waals surface area contributed by atoms with Crippen molar-refractivity contribution in [3.8, 4) is 0 Å². The van der Waals surface area contributed by atoms with E-state index in [0.29, 0.717) is 17.0 Å². The summed E-state index contributed by atoms with van der Waals surface area (Å²) in [5.41, 5.74) is 1.66. The first-order valence-corrected chi connectivity index (χ1v) is 10.3. The van der Waals surface area contributed by atoms with Crippen LogP contribution in [0.2, 0.25) is 0 Å². The van der Waals surface area contributed by atoms with Crippen molar-refractivity contribution < 1.29 is 19.2 Å². The molecule has 7 nitrogen and oxygen atoms in total. The predicted molar refractivity (Wildman–Crippen MR) is 108 cm³/mol. The summed E-state index contributed by atoms with van der Waals surface area (Å²) in [6.45, 7) is 8.37. The van der Waals surface area contributed by atoms with E-state index in [1.54, 1.807) is 12.1 Å². The molecule has 29 heavy (non-hydrogen) atoms. The van der Waals surface area contributed by atoms with E-state index in [1.165, 1.54) is 0 Å². The maximum absolute atomic E-state index is 13.3. The summed E-state index contributed by atoms with van der Waals surface area (Å²) < 4.78 is 0. The Labute approximate surface area is 170 Å². The molecule has 0 spiro atoms. The molecule has 0 saturated carbocycles. The van der Waals surface area contributed by atoms with Crippen molar-refractivity contribution in [3.05, 3.63) is 29.3 Å². The molecule has 2 atom stereocenters. The summed E-state index contributed by atoms with van der Waals surface area (Å²) >= 11 is 0. The first-order valence-electron chi connectivity index (χ1n) is 10.3. The normalized spacial score (nSPS) is 25.3. The fraction of sp³-hybridized carbons (Fsp3) is 0.545. The van der Waals surface area contributed by atoms with Gasteiger partial charge in [0.2, 0.25) is 11.8 Å². The minimum Gasteiger partial charge on any atom is -0.371 e. The number of carbonyl (C=O) groups excluding carboxylic acids is 4. The van der Waals surface area contributed by atoms with Crippen LogP contribution in [0.25, 0.3) is 0 Å². The van der Waals surface area contributed by atoms with Crippen molar-refractivity contribution in [2.75, 3.05) is 18.0 Å². The second kappa shape index (κ2) is 6.97. The molecule has 4 rings (SSSR count). The number of imide groups is 2. The monoisotopic (exact) mass is 397 g/mol. The third-order valence-electron chi connectivity index (χ3n) is 6.43. The fourth-order valence-electron chi connectivity index (χ4n) is 4.66. The van der Waals surface area contributed by atoms with Crippen LogP contribution >= 0.6 is 0 Å². The Balaban J connectivity index is 1.66. The zero-order chi connectivity index (χ0) is 20.9. The highest BCUT2D eigenvalue weighted by atomic mass is 16.2. The number of rotatable bonds is 2. The van der Waals surface area contributed by atoms with E-state index in [4.69, 9.17) is 0 Å². The van der Waals surface area contributed by atoms with Gasteiger partial charge in [-0.05, 0) is 42.7 Å². The molecule has 0 aliphatic carbocycles. The number of nitrogens with zero attached hydrogens (tertiary/aromatic N) is 2. The van der Waals surface area contributed by atoms with Gasteiger partial charge in [-0.25, -0.2) is 0 Å². The summed E-state index contributed by atoms with van der Waals surface area (Å²) in [5.74, 6) is -1.35. The van der Waals surface area contributed by atoms with Crippen molar-refractivity contribution >= 4 is 29.3 Å². The molecule has 2 fully saturated rings. The lowest BCUT2D eigenvalue weighted by Gasteiger charge is -2.41. The molecule has 3 aliphatic rings. The first kappa shape index (κ1) is 19.6. The number of fused-ring (bicyclic) bond motifs is 1. The quantitative estimate of drug-likeness (QED) is 0.774. The van der Waals surface area contributed by atoms with Crippen LogP contribution in [-0.2, 0) is 9.59 Å². The number of piperidine rings is 2. The molecular weight excluding hydrogens is 370 g/mol. The Hall–Kier alpha value is -2.70. The lowest BCUT2D eigenvalue weighted by Crippen LogP contribution is -2.54.